The number of nitrogens with zero attached hydrogens (tertiary/aromatic N) is 1. The van der Waals surface area contributed by atoms with E-state index in [1.165, 1.54) is 13.2 Å². The number of thiophene rings is 1. The number of amides is 3. The van der Waals surface area contributed by atoms with Crippen molar-refractivity contribution in [1.29, 1.82) is 0 Å². The highest BCUT2D eigenvalue weighted by Crippen LogP contribution is 2.41. The van der Waals surface area contributed by atoms with Crippen LogP contribution in [0, 0.1) is 5.82 Å². The van der Waals surface area contributed by atoms with Gasteiger partial charge in [-0.05, 0) is 61.4 Å². The molecule has 0 aliphatic carbocycles. The van der Waals surface area contributed by atoms with Crippen molar-refractivity contribution in [2.75, 3.05) is 42.3 Å². The first-order chi connectivity index (χ1) is 23.0. The molecule has 17 heteroatoms. The normalized spacial score (nSPS) is 15.3. The molecule has 9 nitrogen and oxygen atoms in total. The Hall–Kier alpha value is -4.90. The van der Waals surface area contributed by atoms with E-state index < -0.39 is 52.7 Å². The molecule has 1 atom stereocenters. The Labute approximate surface area is 278 Å². The smallest absolute Gasteiger partial charge is 0.419 e. The van der Waals surface area contributed by atoms with Crippen molar-refractivity contribution in [3.05, 3.63) is 82.0 Å². The van der Waals surface area contributed by atoms with E-state index in [1.54, 1.807) is 12.1 Å². The molecule has 0 spiro atoms. The van der Waals surface area contributed by atoms with Gasteiger partial charge in [-0.15, -0.1) is 11.3 Å². The molecule has 1 fully saturated rings. The molecule has 3 amide bonds. The Kier molecular flexibility index (Phi) is 10.1. The summed E-state index contributed by atoms with van der Waals surface area (Å²) in [5, 5.41) is 7.95. The molecule has 0 radical (unpaired) electrons. The average Bonchev–Trinajstić information content (AvgIpc) is 3.41. The summed E-state index contributed by atoms with van der Waals surface area (Å²) in [6.07, 6.45) is -8.25. The molecule has 0 bridgehead atoms. The highest BCUT2D eigenvalue weighted by atomic mass is 32.1. The van der Waals surface area contributed by atoms with Crippen molar-refractivity contribution in [2.45, 2.75) is 31.2 Å². The van der Waals surface area contributed by atoms with E-state index >= 15 is 0 Å². The summed E-state index contributed by atoms with van der Waals surface area (Å²) >= 11 is 0.572. The fraction of sp³-hybridized carbons (Fsp3) is 0.281. The van der Waals surface area contributed by atoms with Gasteiger partial charge >= 0.3 is 12.4 Å². The van der Waals surface area contributed by atoms with Crippen LogP contribution in [0.4, 0.5) is 47.8 Å². The molecule has 1 saturated heterocycles. The van der Waals surface area contributed by atoms with Crippen LogP contribution in [0.25, 0.3) is 10.1 Å². The zero-order valence-corrected chi connectivity index (χ0v) is 26.3. The first-order valence-electron chi connectivity index (χ1n) is 14.6. The molecule has 0 saturated carbocycles. The number of benzene rings is 3. The first kappa shape index (κ1) is 35.4. The second-order valence-corrected chi connectivity index (χ2v) is 12.2. The molecule has 260 valence electrons. The van der Waals surface area contributed by atoms with Gasteiger partial charge in [0.25, 0.3) is 11.8 Å². The second kappa shape index (κ2) is 13.9. The standard InChI is InChI=1S/C32H28F7N5O4S/c1-48-24-9-6-19(44-10-2-3-18(15-44)41-14-26(40)45)13-21(24)29(46)43-27-20-7-4-16(31(34,35)36)11-25(20)49-28(27)30(47)42-17-5-8-23(33)22(12-17)32(37,38)39/h4-9,11-13,18,41H,2-3,10,14-15H2,1H3,(H2,40,45)(H,42,47)(H,43,46)/t18-/m0/s1. The van der Waals surface area contributed by atoms with Crippen LogP contribution < -0.4 is 31.3 Å². The summed E-state index contributed by atoms with van der Waals surface area (Å²) in [5.41, 5.74) is 2.58. The lowest BCUT2D eigenvalue weighted by molar-refractivity contribution is -0.140. The maximum Gasteiger partial charge on any atom is 0.419 e. The monoisotopic (exact) mass is 711 g/mol. The van der Waals surface area contributed by atoms with E-state index in [2.05, 4.69) is 16.0 Å². The number of ether oxygens (including phenoxy) is 1. The van der Waals surface area contributed by atoms with Gasteiger partial charge in [-0.2, -0.15) is 26.3 Å². The number of carbonyl (C=O) groups is 3. The third-order valence-corrected chi connectivity index (χ3v) is 8.92. The molecule has 5 rings (SSSR count). The van der Waals surface area contributed by atoms with Gasteiger partial charge in [-0.25, -0.2) is 4.39 Å². The number of hydrogen-bond donors (Lipinski definition) is 4. The fourth-order valence-electron chi connectivity index (χ4n) is 5.44. The maximum absolute atomic E-state index is 13.9. The van der Waals surface area contributed by atoms with Crippen LogP contribution >= 0.6 is 11.3 Å². The van der Waals surface area contributed by atoms with E-state index in [9.17, 15) is 45.1 Å². The minimum atomic E-state index is -5.07. The number of halogens is 7. The number of alkyl halides is 6. The highest BCUT2D eigenvalue weighted by molar-refractivity contribution is 7.21. The molecular formula is C32H28F7N5O4S. The van der Waals surface area contributed by atoms with Crippen LogP contribution in [-0.2, 0) is 17.1 Å². The lowest BCUT2D eigenvalue weighted by Gasteiger charge is -2.35. The number of primary amides is 1. The minimum Gasteiger partial charge on any atom is -0.496 e. The van der Waals surface area contributed by atoms with Gasteiger partial charge < -0.3 is 31.3 Å². The molecule has 1 aromatic heterocycles. The number of piperidine rings is 1. The predicted octanol–water partition coefficient (Wildman–Crippen LogP) is 6.63. The summed E-state index contributed by atoms with van der Waals surface area (Å²) < 4.78 is 99.7. The summed E-state index contributed by atoms with van der Waals surface area (Å²) in [6.45, 7) is 1.11. The van der Waals surface area contributed by atoms with Gasteiger partial charge in [0.05, 0.1) is 36.0 Å². The van der Waals surface area contributed by atoms with Gasteiger partial charge in [-0.1, -0.05) is 6.07 Å². The van der Waals surface area contributed by atoms with Gasteiger partial charge in [-0.3, -0.25) is 14.4 Å². The van der Waals surface area contributed by atoms with Crippen LogP contribution in [0.5, 0.6) is 5.75 Å². The molecule has 3 aromatic carbocycles. The molecule has 2 heterocycles. The molecular weight excluding hydrogens is 683 g/mol. The first-order valence-corrected chi connectivity index (χ1v) is 15.4. The average molecular weight is 712 g/mol. The predicted molar refractivity (Wildman–Crippen MR) is 170 cm³/mol. The topological polar surface area (TPSA) is 126 Å². The Morgan fingerprint density at radius 3 is 2.39 bits per heavy atom. The lowest BCUT2D eigenvalue weighted by Crippen LogP contribution is -2.48. The summed E-state index contributed by atoms with van der Waals surface area (Å²) in [5.74, 6) is -3.80. The number of methoxy groups -OCH3 is 1. The third kappa shape index (κ3) is 8.05. The van der Waals surface area contributed by atoms with Gasteiger partial charge in [0, 0.05) is 40.6 Å². The zero-order valence-electron chi connectivity index (χ0n) is 25.5. The van der Waals surface area contributed by atoms with Crippen LogP contribution in [0.1, 0.15) is 44.0 Å². The Balaban J connectivity index is 1.50. The number of fused-ring (bicyclic) bond motifs is 1. The summed E-state index contributed by atoms with van der Waals surface area (Å²) in [7, 11) is 1.33. The Bertz CT molecular complexity index is 1910. The number of rotatable bonds is 9. The van der Waals surface area contributed by atoms with E-state index in [0.717, 1.165) is 37.1 Å². The van der Waals surface area contributed by atoms with Crippen molar-refractivity contribution < 1.29 is 49.9 Å². The van der Waals surface area contributed by atoms with Crippen molar-refractivity contribution in [1.82, 2.24) is 5.32 Å². The Morgan fingerprint density at radius 1 is 0.959 bits per heavy atom. The summed E-state index contributed by atoms with van der Waals surface area (Å²) in [4.78, 5) is 40.2. The van der Waals surface area contributed by atoms with Gasteiger partial charge in [0.15, 0.2) is 0 Å². The third-order valence-electron chi connectivity index (χ3n) is 7.77. The van der Waals surface area contributed by atoms with E-state index in [0.29, 0.717) is 42.2 Å². The van der Waals surface area contributed by atoms with E-state index in [-0.39, 0.29) is 44.6 Å². The van der Waals surface area contributed by atoms with Crippen molar-refractivity contribution in [2.24, 2.45) is 5.73 Å². The SMILES string of the molecule is COc1ccc(N2CCC[C@H](NCC(N)=O)C2)cc1C(=O)Nc1c(C(=O)Nc2ccc(F)c(C(F)(F)F)c2)sc2cc(C(F)(F)F)ccc12. The fourth-order valence-corrected chi connectivity index (χ4v) is 6.53. The molecule has 1 aliphatic heterocycles. The van der Waals surface area contributed by atoms with Crippen molar-refractivity contribution in [3.63, 3.8) is 0 Å². The van der Waals surface area contributed by atoms with Crippen molar-refractivity contribution in [3.8, 4) is 5.75 Å². The highest BCUT2D eigenvalue weighted by Gasteiger charge is 2.35. The molecule has 4 aromatic rings. The van der Waals surface area contributed by atoms with Gasteiger partial charge in [0.2, 0.25) is 5.91 Å². The lowest BCUT2D eigenvalue weighted by atomic mass is 10.0. The molecule has 5 N–H and O–H groups in total. The maximum atomic E-state index is 13.9. The number of nitrogens with two attached hydrogens (primary N) is 1. The molecule has 1 aliphatic rings. The molecule has 0 unspecified atom stereocenters. The zero-order chi connectivity index (χ0) is 35.7. The van der Waals surface area contributed by atoms with Crippen LogP contribution in [0.15, 0.2) is 54.6 Å². The summed E-state index contributed by atoms with van der Waals surface area (Å²) in [6, 6.07) is 9.15. The van der Waals surface area contributed by atoms with E-state index in [4.69, 9.17) is 10.5 Å². The second-order valence-electron chi connectivity index (χ2n) is 11.1. The van der Waals surface area contributed by atoms with Crippen LogP contribution in [0.3, 0.4) is 0 Å². The number of nitrogens with one attached hydrogen (secondary N) is 3. The Morgan fingerprint density at radius 2 is 1.71 bits per heavy atom. The van der Waals surface area contributed by atoms with E-state index in [1.807, 2.05) is 4.90 Å². The van der Waals surface area contributed by atoms with Crippen LogP contribution in [0.2, 0.25) is 0 Å². The largest absolute Gasteiger partial charge is 0.496 e. The van der Waals surface area contributed by atoms with Crippen molar-refractivity contribution >= 4 is 56.2 Å². The number of anilines is 3. The quantitative estimate of drug-likeness (QED) is 0.145. The minimum absolute atomic E-state index is 0.00556. The van der Waals surface area contributed by atoms with Gasteiger partial charge in [0.1, 0.15) is 16.4 Å². The van der Waals surface area contributed by atoms with Crippen LogP contribution in [-0.4, -0.2) is 50.5 Å². The molecule has 49 heavy (non-hydrogen) atoms. The number of hydrogen-bond acceptors (Lipinski definition) is 7. The number of carbonyl (C=O) groups excluding carboxylic acids is 3.